The lowest BCUT2D eigenvalue weighted by Crippen LogP contribution is -2.36. The van der Waals surface area contributed by atoms with Crippen LogP contribution in [0.3, 0.4) is 0 Å². The van der Waals surface area contributed by atoms with Gasteiger partial charge in [0.2, 0.25) is 0 Å². The number of hydrogen-bond donors (Lipinski definition) is 1. The number of nitrogens with zero attached hydrogens (tertiary/aromatic N) is 4. The van der Waals surface area contributed by atoms with E-state index in [2.05, 4.69) is 37.8 Å². The minimum absolute atomic E-state index is 0.355. The van der Waals surface area contributed by atoms with Gasteiger partial charge in [-0.05, 0) is 29.8 Å². The van der Waals surface area contributed by atoms with Crippen LogP contribution in [0.15, 0.2) is 41.5 Å². The molecule has 1 aliphatic rings. The summed E-state index contributed by atoms with van der Waals surface area (Å²) in [6.45, 7) is 3.44. The zero-order chi connectivity index (χ0) is 15.2. The van der Waals surface area contributed by atoms with Crippen LogP contribution in [0.5, 0.6) is 0 Å². The third-order valence-corrected chi connectivity index (χ3v) is 3.50. The highest BCUT2D eigenvalue weighted by atomic mass is 35.5. The van der Waals surface area contributed by atoms with E-state index >= 15 is 0 Å². The number of anilines is 2. The Kier molecular flexibility index (Phi) is 4.82. The summed E-state index contributed by atoms with van der Waals surface area (Å²) in [4.78, 5) is 2.31. The van der Waals surface area contributed by atoms with Crippen LogP contribution < -0.4 is 10.3 Å². The highest BCUT2D eigenvalue weighted by Crippen LogP contribution is 2.16. The van der Waals surface area contributed by atoms with Gasteiger partial charge in [0.05, 0.1) is 19.4 Å². The van der Waals surface area contributed by atoms with Crippen LogP contribution in [0.2, 0.25) is 5.15 Å². The number of benzene rings is 1. The van der Waals surface area contributed by atoms with Gasteiger partial charge in [0.25, 0.3) is 0 Å². The van der Waals surface area contributed by atoms with Gasteiger partial charge in [-0.25, -0.2) is 0 Å². The molecular weight excluding hydrogens is 302 g/mol. The SMILES string of the molecule is Clc1ccc(N/N=C\c2ccc(N3CCOCC3)cc2)nn1. The molecule has 114 valence electrons. The van der Waals surface area contributed by atoms with E-state index in [4.69, 9.17) is 16.3 Å². The summed E-state index contributed by atoms with van der Waals surface area (Å²) < 4.78 is 5.36. The minimum atomic E-state index is 0.355. The lowest BCUT2D eigenvalue weighted by atomic mass is 10.2. The Hall–Kier alpha value is -2.18. The number of hydrogen-bond acceptors (Lipinski definition) is 6. The summed E-state index contributed by atoms with van der Waals surface area (Å²) in [7, 11) is 0. The van der Waals surface area contributed by atoms with Crippen LogP contribution in [-0.4, -0.2) is 42.7 Å². The standard InChI is InChI=1S/C15H16ClN5O/c16-14-5-6-15(20-18-14)19-17-11-12-1-3-13(4-2-12)21-7-9-22-10-8-21/h1-6,11H,7-10H2,(H,19,20)/b17-11-. The van der Waals surface area contributed by atoms with Crippen LogP contribution in [0.1, 0.15) is 5.56 Å². The molecule has 0 radical (unpaired) electrons. The van der Waals surface area contributed by atoms with Gasteiger partial charge in [0.1, 0.15) is 0 Å². The maximum absolute atomic E-state index is 5.67. The first-order valence-electron chi connectivity index (χ1n) is 7.02. The zero-order valence-corrected chi connectivity index (χ0v) is 12.7. The Labute approximate surface area is 133 Å². The molecule has 1 aromatic heterocycles. The van der Waals surface area contributed by atoms with Gasteiger partial charge in [0.15, 0.2) is 11.0 Å². The van der Waals surface area contributed by atoms with E-state index < -0.39 is 0 Å². The molecule has 1 fully saturated rings. The summed E-state index contributed by atoms with van der Waals surface area (Å²) in [6, 6.07) is 11.6. The van der Waals surface area contributed by atoms with Gasteiger partial charge in [-0.1, -0.05) is 23.7 Å². The van der Waals surface area contributed by atoms with Gasteiger partial charge in [-0.3, -0.25) is 5.43 Å². The number of nitrogens with one attached hydrogen (secondary N) is 1. The Morgan fingerprint density at radius 3 is 2.55 bits per heavy atom. The van der Waals surface area contributed by atoms with E-state index in [-0.39, 0.29) is 0 Å². The predicted octanol–water partition coefficient (Wildman–Crippen LogP) is 2.41. The van der Waals surface area contributed by atoms with E-state index in [0.717, 1.165) is 31.9 Å². The lowest BCUT2D eigenvalue weighted by Gasteiger charge is -2.28. The number of rotatable bonds is 4. The van der Waals surface area contributed by atoms with E-state index in [0.29, 0.717) is 11.0 Å². The van der Waals surface area contributed by atoms with Gasteiger partial charge < -0.3 is 9.64 Å². The van der Waals surface area contributed by atoms with Crippen LogP contribution >= 0.6 is 11.6 Å². The first kappa shape index (κ1) is 14.7. The van der Waals surface area contributed by atoms with Crippen LogP contribution in [0.25, 0.3) is 0 Å². The molecular formula is C15H16ClN5O. The number of morpholine rings is 1. The Bertz CT molecular complexity index is 623. The van der Waals surface area contributed by atoms with Crippen molar-refractivity contribution < 1.29 is 4.74 Å². The largest absolute Gasteiger partial charge is 0.378 e. The zero-order valence-electron chi connectivity index (χ0n) is 11.9. The highest BCUT2D eigenvalue weighted by Gasteiger charge is 2.10. The maximum Gasteiger partial charge on any atom is 0.168 e. The third kappa shape index (κ3) is 3.93. The smallest absolute Gasteiger partial charge is 0.168 e. The second-order valence-electron chi connectivity index (χ2n) is 4.80. The highest BCUT2D eigenvalue weighted by molar-refractivity contribution is 6.29. The van der Waals surface area contributed by atoms with E-state index in [1.807, 2.05) is 12.1 Å². The molecule has 0 atom stereocenters. The summed E-state index contributed by atoms with van der Waals surface area (Å²) in [5.41, 5.74) is 5.02. The molecule has 0 amide bonds. The van der Waals surface area contributed by atoms with Crippen molar-refractivity contribution in [2.45, 2.75) is 0 Å². The molecule has 0 spiro atoms. The fourth-order valence-electron chi connectivity index (χ4n) is 2.14. The minimum Gasteiger partial charge on any atom is -0.378 e. The normalized spacial score (nSPS) is 15.2. The number of hydrazone groups is 1. The van der Waals surface area contributed by atoms with Crippen LogP contribution in [-0.2, 0) is 4.74 Å². The van der Waals surface area contributed by atoms with Gasteiger partial charge >= 0.3 is 0 Å². The molecule has 7 heteroatoms. The number of aromatic nitrogens is 2. The van der Waals surface area contributed by atoms with Gasteiger partial charge in [-0.15, -0.1) is 10.2 Å². The van der Waals surface area contributed by atoms with E-state index in [9.17, 15) is 0 Å². The number of halogens is 1. The van der Waals surface area contributed by atoms with Crippen molar-refractivity contribution in [3.8, 4) is 0 Å². The molecule has 0 saturated carbocycles. The fraction of sp³-hybridized carbons (Fsp3) is 0.267. The molecule has 22 heavy (non-hydrogen) atoms. The summed E-state index contributed by atoms with van der Waals surface area (Å²) in [5, 5.41) is 12.1. The number of ether oxygens (including phenoxy) is 1. The molecule has 1 aliphatic heterocycles. The van der Waals surface area contributed by atoms with Crippen molar-refractivity contribution in [2.24, 2.45) is 5.10 Å². The first-order chi connectivity index (χ1) is 10.8. The van der Waals surface area contributed by atoms with Crippen molar-refractivity contribution in [2.75, 3.05) is 36.6 Å². The Balaban J connectivity index is 1.58. The lowest BCUT2D eigenvalue weighted by molar-refractivity contribution is 0.122. The van der Waals surface area contributed by atoms with Gasteiger partial charge in [-0.2, -0.15) is 5.10 Å². The fourth-order valence-corrected chi connectivity index (χ4v) is 2.24. The molecule has 0 aliphatic carbocycles. The van der Waals surface area contributed by atoms with Gasteiger partial charge in [0, 0.05) is 18.8 Å². The van der Waals surface area contributed by atoms with Crippen molar-refractivity contribution in [1.82, 2.24) is 10.2 Å². The molecule has 2 heterocycles. The Morgan fingerprint density at radius 2 is 1.86 bits per heavy atom. The summed E-state index contributed by atoms with van der Waals surface area (Å²) in [6.07, 6.45) is 1.74. The van der Waals surface area contributed by atoms with Crippen molar-refractivity contribution in [3.63, 3.8) is 0 Å². The third-order valence-electron chi connectivity index (χ3n) is 3.29. The summed E-state index contributed by atoms with van der Waals surface area (Å²) in [5.74, 6) is 0.547. The monoisotopic (exact) mass is 317 g/mol. The van der Waals surface area contributed by atoms with Crippen molar-refractivity contribution >= 4 is 29.3 Å². The predicted molar refractivity (Wildman–Crippen MR) is 87.7 cm³/mol. The van der Waals surface area contributed by atoms with E-state index in [1.54, 1.807) is 18.3 Å². The molecule has 3 rings (SSSR count). The maximum atomic E-state index is 5.67. The quantitative estimate of drug-likeness (QED) is 0.693. The molecule has 1 N–H and O–H groups in total. The topological polar surface area (TPSA) is 62.6 Å². The molecule has 2 aromatic rings. The van der Waals surface area contributed by atoms with Crippen molar-refractivity contribution in [3.05, 3.63) is 47.1 Å². The van der Waals surface area contributed by atoms with Crippen molar-refractivity contribution in [1.29, 1.82) is 0 Å². The molecule has 1 aromatic carbocycles. The summed E-state index contributed by atoms with van der Waals surface area (Å²) >= 11 is 5.67. The average molecular weight is 318 g/mol. The molecule has 0 bridgehead atoms. The molecule has 6 nitrogen and oxygen atoms in total. The molecule has 1 saturated heterocycles. The molecule has 0 unspecified atom stereocenters. The van der Waals surface area contributed by atoms with E-state index in [1.165, 1.54) is 5.69 Å². The second-order valence-corrected chi connectivity index (χ2v) is 5.19. The average Bonchev–Trinajstić information content (AvgIpc) is 2.58. The second kappa shape index (κ2) is 7.20. The first-order valence-corrected chi connectivity index (χ1v) is 7.40. The Morgan fingerprint density at radius 1 is 1.09 bits per heavy atom. The van der Waals surface area contributed by atoms with Crippen LogP contribution in [0, 0.1) is 0 Å². The van der Waals surface area contributed by atoms with Crippen LogP contribution in [0.4, 0.5) is 11.5 Å².